The lowest BCUT2D eigenvalue weighted by atomic mass is 9.84. The van der Waals surface area contributed by atoms with Gasteiger partial charge in [-0.05, 0) is 57.4 Å². The molecule has 1 aromatic carbocycles. The Hall–Kier alpha value is -1.00. The van der Waals surface area contributed by atoms with Crippen molar-refractivity contribution < 1.29 is 8.78 Å². The molecule has 0 aromatic heterocycles. The third kappa shape index (κ3) is 2.06. The summed E-state index contributed by atoms with van der Waals surface area (Å²) in [6.07, 6.45) is 0. The van der Waals surface area contributed by atoms with Crippen molar-refractivity contribution in [2.45, 2.75) is 32.4 Å². The van der Waals surface area contributed by atoms with E-state index >= 15 is 0 Å². The zero-order valence-corrected chi connectivity index (χ0v) is 12.3. The smallest absolute Gasteiger partial charge is 0.128 e. The van der Waals surface area contributed by atoms with E-state index in [1.807, 2.05) is 6.92 Å². The highest BCUT2D eigenvalue weighted by Crippen LogP contribution is 2.45. The minimum Gasteiger partial charge on any atom is -0.316 e. The Labute approximate surface area is 119 Å². The second-order valence-electron chi connectivity index (χ2n) is 6.67. The molecule has 3 unspecified atom stereocenters. The Morgan fingerprint density at radius 1 is 1.30 bits per heavy atom. The molecule has 3 rings (SSSR count). The van der Waals surface area contributed by atoms with Gasteiger partial charge in [-0.3, -0.25) is 4.90 Å². The van der Waals surface area contributed by atoms with Gasteiger partial charge in [0.2, 0.25) is 0 Å². The van der Waals surface area contributed by atoms with Crippen molar-refractivity contribution in [2.24, 2.45) is 11.8 Å². The van der Waals surface area contributed by atoms with Gasteiger partial charge in [0, 0.05) is 30.2 Å². The number of nitrogens with zero attached hydrogens (tertiary/aromatic N) is 1. The average Bonchev–Trinajstić information content (AvgIpc) is 2.94. The van der Waals surface area contributed by atoms with Gasteiger partial charge in [0.15, 0.2) is 0 Å². The van der Waals surface area contributed by atoms with E-state index in [0.29, 0.717) is 17.4 Å². The molecule has 1 N–H and O–H groups in total. The molecule has 2 nitrogen and oxygen atoms in total. The van der Waals surface area contributed by atoms with Crippen molar-refractivity contribution in [3.63, 3.8) is 0 Å². The number of likely N-dealkylation sites (tertiary alicyclic amines) is 1. The third-order valence-electron chi connectivity index (χ3n) is 5.29. The first-order valence-corrected chi connectivity index (χ1v) is 7.33. The summed E-state index contributed by atoms with van der Waals surface area (Å²) in [5, 5.41) is 3.44. The minimum atomic E-state index is -0.368. The van der Waals surface area contributed by atoms with Crippen LogP contribution in [0.25, 0.3) is 0 Å². The molecular weight excluding hydrogens is 258 g/mol. The van der Waals surface area contributed by atoms with Crippen molar-refractivity contribution in [2.75, 3.05) is 19.6 Å². The Morgan fingerprint density at radius 3 is 2.75 bits per heavy atom. The molecule has 110 valence electrons. The van der Waals surface area contributed by atoms with Crippen LogP contribution in [0.15, 0.2) is 18.2 Å². The summed E-state index contributed by atoms with van der Waals surface area (Å²) >= 11 is 0. The molecule has 2 heterocycles. The molecule has 0 spiro atoms. The van der Waals surface area contributed by atoms with Crippen LogP contribution in [0.2, 0.25) is 0 Å². The van der Waals surface area contributed by atoms with Crippen LogP contribution in [-0.4, -0.2) is 30.1 Å². The first-order chi connectivity index (χ1) is 9.41. The van der Waals surface area contributed by atoms with E-state index in [-0.39, 0.29) is 23.2 Å². The number of hydrogen-bond donors (Lipinski definition) is 1. The van der Waals surface area contributed by atoms with Crippen LogP contribution in [-0.2, 0) is 0 Å². The number of rotatable bonds is 2. The van der Waals surface area contributed by atoms with E-state index in [4.69, 9.17) is 0 Å². The summed E-state index contributed by atoms with van der Waals surface area (Å²) in [5.74, 6) is 0.516. The molecule has 0 radical (unpaired) electrons. The largest absolute Gasteiger partial charge is 0.316 e. The lowest BCUT2D eigenvalue weighted by molar-refractivity contribution is 0.0951. The molecule has 3 atom stereocenters. The maximum absolute atomic E-state index is 14.0. The first kappa shape index (κ1) is 14.0. The van der Waals surface area contributed by atoms with E-state index in [1.54, 1.807) is 0 Å². The van der Waals surface area contributed by atoms with E-state index < -0.39 is 0 Å². The van der Waals surface area contributed by atoms with E-state index in [2.05, 4.69) is 24.1 Å². The summed E-state index contributed by atoms with van der Waals surface area (Å²) in [6, 6.07) is 3.64. The van der Waals surface area contributed by atoms with Crippen molar-refractivity contribution in [1.82, 2.24) is 10.2 Å². The van der Waals surface area contributed by atoms with Gasteiger partial charge < -0.3 is 5.32 Å². The van der Waals surface area contributed by atoms with Crippen LogP contribution in [0.3, 0.4) is 0 Å². The van der Waals surface area contributed by atoms with E-state index in [9.17, 15) is 8.78 Å². The fraction of sp³-hybridized carbons (Fsp3) is 0.625. The first-order valence-electron chi connectivity index (χ1n) is 7.33. The molecule has 0 aliphatic carbocycles. The Bertz CT molecular complexity index is 515. The molecule has 2 fully saturated rings. The molecule has 20 heavy (non-hydrogen) atoms. The molecule has 0 bridgehead atoms. The lowest BCUT2D eigenvalue weighted by Crippen LogP contribution is -2.45. The lowest BCUT2D eigenvalue weighted by Gasteiger charge is -2.40. The average molecular weight is 280 g/mol. The second-order valence-corrected chi connectivity index (χ2v) is 6.67. The quantitative estimate of drug-likeness (QED) is 0.896. The Balaban J connectivity index is 1.91. The molecule has 1 aromatic rings. The monoisotopic (exact) mass is 280 g/mol. The van der Waals surface area contributed by atoms with Crippen LogP contribution in [0.5, 0.6) is 0 Å². The number of nitrogens with one attached hydrogen (secondary N) is 1. The number of fused-ring (bicyclic) bond motifs is 1. The van der Waals surface area contributed by atoms with Gasteiger partial charge in [-0.15, -0.1) is 0 Å². The SMILES string of the molecule is CC(c1cc(F)ccc1F)N1CC2CNCC2C1(C)C. The standard InChI is InChI=1S/C16H22F2N2/c1-10(13-6-12(17)4-5-15(13)18)20-9-11-7-19-8-14(11)16(20,2)3/h4-6,10-11,14,19H,7-9H2,1-3H3. The van der Waals surface area contributed by atoms with Crippen LogP contribution < -0.4 is 5.32 Å². The Kier molecular flexibility index (Phi) is 3.33. The highest BCUT2D eigenvalue weighted by molar-refractivity contribution is 5.23. The molecule has 0 saturated carbocycles. The summed E-state index contributed by atoms with van der Waals surface area (Å²) < 4.78 is 27.4. The van der Waals surface area contributed by atoms with Crippen LogP contribution in [0.1, 0.15) is 32.4 Å². The molecule has 2 aliphatic heterocycles. The Morgan fingerprint density at radius 2 is 2.05 bits per heavy atom. The summed E-state index contributed by atoms with van der Waals surface area (Å²) in [6.45, 7) is 9.42. The minimum absolute atomic E-state index is 0.00629. The summed E-state index contributed by atoms with van der Waals surface area (Å²) in [5.41, 5.74) is 0.470. The highest BCUT2D eigenvalue weighted by Gasteiger charge is 2.51. The van der Waals surface area contributed by atoms with Gasteiger partial charge in [-0.2, -0.15) is 0 Å². The fourth-order valence-corrected chi connectivity index (χ4v) is 4.11. The second kappa shape index (κ2) is 4.78. The highest BCUT2D eigenvalue weighted by atomic mass is 19.1. The molecule has 2 saturated heterocycles. The maximum Gasteiger partial charge on any atom is 0.128 e. The number of hydrogen-bond acceptors (Lipinski definition) is 2. The topological polar surface area (TPSA) is 15.3 Å². The van der Waals surface area contributed by atoms with Gasteiger partial charge in [0.05, 0.1) is 0 Å². The van der Waals surface area contributed by atoms with Crippen molar-refractivity contribution in [3.05, 3.63) is 35.4 Å². The predicted octanol–water partition coefficient (Wildman–Crippen LogP) is 2.96. The zero-order valence-electron chi connectivity index (χ0n) is 12.3. The normalized spacial score (nSPS) is 30.4. The van der Waals surface area contributed by atoms with Gasteiger partial charge in [0.25, 0.3) is 0 Å². The van der Waals surface area contributed by atoms with Crippen molar-refractivity contribution >= 4 is 0 Å². The number of benzene rings is 1. The zero-order chi connectivity index (χ0) is 14.5. The van der Waals surface area contributed by atoms with Crippen molar-refractivity contribution in [1.29, 1.82) is 0 Å². The van der Waals surface area contributed by atoms with Gasteiger partial charge >= 0.3 is 0 Å². The summed E-state index contributed by atoms with van der Waals surface area (Å²) in [7, 11) is 0. The predicted molar refractivity (Wildman–Crippen MR) is 75.4 cm³/mol. The van der Waals surface area contributed by atoms with E-state index in [0.717, 1.165) is 19.6 Å². The van der Waals surface area contributed by atoms with Gasteiger partial charge in [-0.25, -0.2) is 8.78 Å². The molecular formula is C16H22F2N2. The van der Waals surface area contributed by atoms with Gasteiger partial charge in [-0.1, -0.05) is 0 Å². The molecule has 0 amide bonds. The molecule has 2 aliphatic rings. The third-order valence-corrected chi connectivity index (χ3v) is 5.29. The van der Waals surface area contributed by atoms with Crippen LogP contribution in [0, 0.1) is 23.5 Å². The van der Waals surface area contributed by atoms with Gasteiger partial charge in [0.1, 0.15) is 11.6 Å². The number of halogens is 2. The van der Waals surface area contributed by atoms with Crippen molar-refractivity contribution in [3.8, 4) is 0 Å². The van der Waals surface area contributed by atoms with Crippen LogP contribution >= 0.6 is 0 Å². The fourth-order valence-electron chi connectivity index (χ4n) is 4.11. The summed E-state index contributed by atoms with van der Waals surface area (Å²) in [4.78, 5) is 2.33. The molecule has 4 heteroatoms. The van der Waals surface area contributed by atoms with E-state index in [1.165, 1.54) is 18.2 Å². The maximum atomic E-state index is 14.0. The van der Waals surface area contributed by atoms with Crippen LogP contribution in [0.4, 0.5) is 8.78 Å².